The molecule has 1 aromatic carbocycles. The third-order valence-corrected chi connectivity index (χ3v) is 5.38. The molecule has 0 aliphatic carbocycles. The maximum absolute atomic E-state index is 10.7. The van der Waals surface area contributed by atoms with Gasteiger partial charge in [0, 0.05) is 13.1 Å². The summed E-state index contributed by atoms with van der Waals surface area (Å²) >= 11 is 0. The van der Waals surface area contributed by atoms with Crippen molar-refractivity contribution in [3.63, 3.8) is 0 Å². The van der Waals surface area contributed by atoms with Gasteiger partial charge in [-0.25, -0.2) is 0 Å². The van der Waals surface area contributed by atoms with Crippen LogP contribution in [0.2, 0.25) is 0 Å². The summed E-state index contributed by atoms with van der Waals surface area (Å²) in [5, 5.41) is 22.9. The summed E-state index contributed by atoms with van der Waals surface area (Å²) in [4.78, 5) is 1.82. The molecule has 0 radical (unpaired) electrons. The Hall–Kier alpha value is -2.37. The summed E-state index contributed by atoms with van der Waals surface area (Å²) in [6.07, 6.45) is 5.12. The largest absolute Gasteiger partial charge is 0.507 e. The lowest BCUT2D eigenvalue weighted by Gasteiger charge is -2.42. The Morgan fingerprint density at radius 2 is 2.12 bits per heavy atom. The number of phenols is 1. The van der Waals surface area contributed by atoms with Gasteiger partial charge in [0.2, 0.25) is 5.96 Å². The van der Waals surface area contributed by atoms with E-state index < -0.39 is 5.60 Å². The summed E-state index contributed by atoms with van der Waals surface area (Å²) in [6.45, 7) is 7.46. The van der Waals surface area contributed by atoms with E-state index >= 15 is 0 Å². The second-order valence-corrected chi connectivity index (χ2v) is 7.64. The molecular formula is C20H29N3O3. The number of nitrogens with two attached hydrogens (primary N) is 1. The number of unbranched alkanes of at least 4 members (excludes halogenated alkanes) is 2. The molecule has 1 aromatic rings. The molecule has 4 N–H and O–H groups in total. The molecule has 0 atom stereocenters. The van der Waals surface area contributed by atoms with Crippen molar-refractivity contribution in [2.45, 2.75) is 58.5 Å². The molecule has 0 bridgehead atoms. The van der Waals surface area contributed by atoms with E-state index in [9.17, 15) is 5.11 Å². The van der Waals surface area contributed by atoms with E-state index in [-0.39, 0.29) is 11.7 Å². The zero-order chi connectivity index (χ0) is 18.9. The number of hydrogen-bond acceptors (Lipinski definition) is 4. The van der Waals surface area contributed by atoms with Crippen LogP contribution in [-0.2, 0) is 6.42 Å². The molecule has 6 heteroatoms. The van der Waals surface area contributed by atoms with E-state index in [4.69, 9.17) is 15.7 Å². The fraction of sp³-hybridized carbons (Fsp3) is 0.550. The van der Waals surface area contributed by atoms with E-state index in [2.05, 4.69) is 32.0 Å². The van der Waals surface area contributed by atoms with Crippen molar-refractivity contribution in [2.24, 2.45) is 10.9 Å². The highest BCUT2D eigenvalue weighted by molar-refractivity contribution is 5.86. The second-order valence-electron chi connectivity index (χ2n) is 7.64. The lowest BCUT2D eigenvalue weighted by Crippen LogP contribution is -2.46. The molecule has 0 spiro atoms. The first-order chi connectivity index (χ1) is 12.4. The number of rotatable bonds is 4. The first kappa shape index (κ1) is 18.4. The first-order valence-electron chi connectivity index (χ1n) is 9.37. The van der Waals surface area contributed by atoms with Crippen LogP contribution in [0.1, 0.15) is 57.6 Å². The highest BCUT2D eigenvalue weighted by atomic mass is 16.5. The molecule has 0 fully saturated rings. The number of aryl methyl sites for hydroxylation is 1. The average molecular weight is 359 g/mol. The van der Waals surface area contributed by atoms with E-state index in [1.54, 1.807) is 0 Å². The molecule has 6 nitrogen and oxygen atoms in total. The van der Waals surface area contributed by atoms with Crippen LogP contribution in [0.4, 0.5) is 0 Å². The predicted molar refractivity (Wildman–Crippen MR) is 103 cm³/mol. The molecule has 2 aliphatic heterocycles. The van der Waals surface area contributed by atoms with Gasteiger partial charge in [-0.1, -0.05) is 24.9 Å². The minimum atomic E-state index is -0.436. The smallest absolute Gasteiger partial charge is 0.233 e. The molecule has 0 aromatic heterocycles. The Morgan fingerprint density at radius 3 is 2.81 bits per heavy atom. The number of guanidine groups is 1. The van der Waals surface area contributed by atoms with Crippen molar-refractivity contribution < 1.29 is 15.1 Å². The van der Waals surface area contributed by atoms with Gasteiger partial charge in [0.05, 0.1) is 5.56 Å². The number of ether oxygens (including phenoxy) is 1. The molecule has 26 heavy (non-hydrogen) atoms. The number of nitrogens with zero attached hydrogens (tertiary/aromatic N) is 2. The van der Waals surface area contributed by atoms with Crippen LogP contribution >= 0.6 is 0 Å². The Labute approximate surface area is 154 Å². The van der Waals surface area contributed by atoms with Gasteiger partial charge in [-0.15, -0.1) is 0 Å². The minimum absolute atomic E-state index is 0.0954. The summed E-state index contributed by atoms with van der Waals surface area (Å²) in [5.41, 5.74) is 9.39. The van der Waals surface area contributed by atoms with Crippen molar-refractivity contribution in [3.8, 4) is 11.5 Å². The third kappa shape index (κ3) is 3.32. The molecule has 3 rings (SSSR count). The van der Waals surface area contributed by atoms with Gasteiger partial charge in [-0.05, 0) is 62.0 Å². The molecule has 142 valence electrons. The number of aromatic hydroxyl groups is 1. The highest BCUT2D eigenvalue weighted by Gasteiger charge is 2.39. The number of fused-ring (bicyclic) bond motifs is 2. The SMILES string of the molecule is CCCCCc1cc(O)c2c(c1)OC(C)(C)C1=C2CN(C(N)=NO)CC1. The zero-order valence-electron chi connectivity index (χ0n) is 15.9. The molecule has 0 amide bonds. The van der Waals surface area contributed by atoms with Gasteiger partial charge in [-0.3, -0.25) is 0 Å². The van der Waals surface area contributed by atoms with Crippen LogP contribution in [0.3, 0.4) is 0 Å². The fourth-order valence-corrected chi connectivity index (χ4v) is 4.02. The normalized spacial score (nSPS) is 19.0. The van der Waals surface area contributed by atoms with Crippen molar-refractivity contribution in [3.05, 3.63) is 28.8 Å². The van der Waals surface area contributed by atoms with Gasteiger partial charge >= 0.3 is 0 Å². The van der Waals surface area contributed by atoms with E-state index in [0.717, 1.165) is 41.7 Å². The minimum Gasteiger partial charge on any atom is -0.507 e. The van der Waals surface area contributed by atoms with Crippen molar-refractivity contribution >= 4 is 11.5 Å². The number of hydrogen-bond donors (Lipinski definition) is 3. The van der Waals surface area contributed by atoms with Gasteiger partial charge < -0.3 is 25.7 Å². The van der Waals surface area contributed by atoms with E-state index in [1.165, 1.54) is 18.4 Å². The summed E-state index contributed by atoms with van der Waals surface area (Å²) in [5.74, 6) is 1.07. The van der Waals surface area contributed by atoms with Gasteiger partial charge in [-0.2, -0.15) is 0 Å². The standard InChI is InChI=1S/C20H29N3O3/c1-4-5-6-7-13-10-16(24)18-14-12-23(19(21)22-25)9-8-15(14)20(2,3)26-17(18)11-13/h10-11,24-25H,4-9,12H2,1-3H3,(H2,21,22). The maximum Gasteiger partial charge on any atom is 0.233 e. The predicted octanol–water partition coefficient (Wildman–Crippen LogP) is 3.46. The molecule has 2 aliphatic rings. The van der Waals surface area contributed by atoms with Crippen LogP contribution in [0, 0.1) is 0 Å². The molecule has 2 heterocycles. The Bertz CT molecular complexity index is 753. The van der Waals surface area contributed by atoms with Gasteiger partial charge in [0.25, 0.3) is 0 Å². The second kappa shape index (κ2) is 7.09. The van der Waals surface area contributed by atoms with Crippen LogP contribution in [0.15, 0.2) is 22.9 Å². The monoisotopic (exact) mass is 359 g/mol. The topological polar surface area (TPSA) is 91.3 Å². The molecule has 0 saturated heterocycles. The summed E-state index contributed by atoms with van der Waals surface area (Å²) < 4.78 is 6.29. The lowest BCUT2D eigenvalue weighted by molar-refractivity contribution is 0.134. The third-order valence-electron chi connectivity index (χ3n) is 5.38. The first-order valence-corrected chi connectivity index (χ1v) is 9.37. The Morgan fingerprint density at radius 1 is 1.35 bits per heavy atom. The maximum atomic E-state index is 10.7. The Balaban J connectivity index is 2.00. The van der Waals surface area contributed by atoms with Gasteiger partial charge in [0.15, 0.2) is 0 Å². The molecule has 0 unspecified atom stereocenters. The number of oxime groups is 1. The van der Waals surface area contributed by atoms with Crippen molar-refractivity contribution in [1.29, 1.82) is 0 Å². The molecular weight excluding hydrogens is 330 g/mol. The van der Waals surface area contributed by atoms with E-state index in [0.29, 0.717) is 13.1 Å². The van der Waals surface area contributed by atoms with Crippen molar-refractivity contribution in [2.75, 3.05) is 13.1 Å². The van der Waals surface area contributed by atoms with Crippen molar-refractivity contribution in [1.82, 2.24) is 4.90 Å². The highest BCUT2D eigenvalue weighted by Crippen LogP contribution is 2.48. The van der Waals surface area contributed by atoms with E-state index in [1.807, 2.05) is 11.0 Å². The van der Waals surface area contributed by atoms with Crippen LogP contribution in [-0.4, -0.2) is 39.9 Å². The van der Waals surface area contributed by atoms with Gasteiger partial charge in [0.1, 0.15) is 17.1 Å². The number of benzene rings is 1. The van der Waals surface area contributed by atoms with Crippen LogP contribution in [0.5, 0.6) is 11.5 Å². The quantitative estimate of drug-likeness (QED) is 0.252. The average Bonchev–Trinajstić information content (AvgIpc) is 2.60. The zero-order valence-corrected chi connectivity index (χ0v) is 15.9. The lowest BCUT2D eigenvalue weighted by atomic mass is 9.81. The number of phenolic OH excluding ortho intramolecular Hbond substituents is 1. The van der Waals surface area contributed by atoms with Crippen LogP contribution < -0.4 is 10.5 Å². The summed E-state index contributed by atoms with van der Waals surface area (Å²) in [6, 6.07) is 3.90. The van der Waals surface area contributed by atoms with Crippen LogP contribution in [0.25, 0.3) is 5.57 Å². The fourth-order valence-electron chi connectivity index (χ4n) is 4.02. The summed E-state index contributed by atoms with van der Waals surface area (Å²) in [7, 11) is 0. The Kier molecular flexibility index (Phi) is 5.03. The molecule has 0 saturated carbocycles.